The first-order valence-corrected chi connectivity index (χ1v) is 8.51. The van der Waals surface area contributed by atoms with E-state index >= 15 is 0 Å². The van der Waals surface area contributed by atoms with Crippen molar-refractivity contribution in [2.45, 2.75) is 37.7 Å². The number of benzene rings is 1. The lowest BCUT2D eigenvalue weighted by Crippen LogP contribution is -2.54. The van der Waals surface area contributed by atoms with E-state index in [2.05, 4.69) is 17.6 Å². The Morgan fingerprint density at radius 1 is 1.36 bits per heavy atom. The molecular formula is C16H22N2O3S. The maximum atomic E-state index is 12.2. The van der Waals surface area contributed by atoms with Crippen molar-refractivity contribution in [3.63, 3.8) is 0 Å². The lowest BCUT2D eigenvalue weighted by molar-refractivity contribution is -0.123. The number of nitrogens with one attached hydrogen (secondary N) is 2. The van der Waals surface area contributed by atoms with Crippen LogP contribution in [-0.4, -0.2) is 36.1 Å². The topological polar surface area (TPSA) is 67.4 Å². The summed E-state index contributed by atoms with van der Waals surface area (Å²) in [6.45, 7) is 2.10. The highest BCUT2D eigenvalue weighted by Crippen LogP contribution is 2.17. The van der Waals surface area contributed by atoms with Gasteiger partial charge in [0.2, 0.25) is 5.91 Å². The number of Topliss-reactive ketones (excluding diaryl/α,β-unsaturated/α-hetero) is 1. The lowest BCUT2D eigenvalue weighted by Gasteiger charge is -2.30. The molecule has 1 aliphatic heterocycles. The zero-order valence-electron chi connectivity index (χ0n) is 12.9. The van der Waals surface area contributed by atoms with Crippen molar-refractivity contribution in [2.75, 3.05) is 12.9 Å². The van der Waals surface area contributed by atoms with Crippen molar-refractivity contribution < 1.29 is 14.3 Å². The molecule has 1 fully saturated rings. The van der Waals surface area contributed by atoms with Crippen LogP contribution < -0.4 is 15.4 Å². The van der Waals surface area contributed by atoms with Gasteiger partial charge in [0.05, 0.1) is 12.9 Å². The zero-order chi connectivity index (χ0) is 15.9. The number of carbonyl (C=O) groups is 2. The highest BCUT2D eigenvalue weighted by atomic mass is 32.2. The van der Waals surface area contributed by atoms with Crippen LogP contribution in [0.2, 0.25) is 0 Å². The molecule has 5 nitrogen and oxygen atoms in total. The van der Waals surface area contributed by atoms with Crippen LogP contribution in [0, 0.1) is 0 Å². The van der Waals surface area contributed by atoms with Crippen LogP contribution in [-0.2, 0) is 4.79 Å². The lowest BCUT2D eigenvalue weighted by atomic mass is 10.1. The Labute approximate surface area is 135 Å². The number of thioether (sulfide) groups is 1. The third-order valence-corrected chi connectivity index (χ3v) is 4.56. The van der Waals surface area contributed by atoms with Gasteiger partial charge in [-0.05, 0) is 30.7 Å². The van der Waals surface area contributed by atoms with Gasteiger partial charge in [-0.25, -0.2) is 0 Å². The average Bonchev–Trinajstić information content (AvgIpc) is 2.52. The van der Waals surface area contributed by atoms with Gasteiger partial charge in [-0.15, -0.1) is 11.8 Å². The van der Waals surface area contributed by atoms with E-state index in [0.717, 1.165) is 18.6 Å². The summed E-state index contributed by atoms with van der Waals surface area (Å²) in [7, 11) is 1.59. The number of methoxy groups -OCH3 is 1. The van der Waals surface area contributed by atoms with E-state index < -0.39 is 0 Å². The third-order valence-electron chi connectivity index (χ3n) is 3.54. The Kier molecular flexibility index (Phi) is 6.27. The van der Waals surface area contributed by atoms with Crippen molar-refractivity contribution in [1.29, 1.82) is 0 Å². The summed E-state index contributed by atoms with van der Waals surface area (Å²) in [6, 6.07) is 7.27. The quantitative estimate of drug-likeness (QED) is 0.753. The molecule has 0 bridgehead atoms. The van der Waals surface area contributed by atoms with E-state index in [0.29, 0.717) is 17.7 Å². The van der Waals surface area contributed by atoms with Gasteiger partial charge in [0.25, 0.3) is 0 Å². The van der Waals surface area contributed by atoms with Gasteiger partial charge in [0.15, 0.2) is 5.78 Å². The monoisotopic (exact) mass is 322 g/mol. The first-order chi connectivity index (χ1) is 10.6. The van der Waals surface area contributed by atoms with Crippen molar-refractivity contribution >= 4 is 23.5 Å². The molecule has 1 aromatic carbocycles. The van der Waals surface area contributed by atoms with E-state index in [1.165, 1.54) is 11.8 Å². The van der Waals surface area contributed by atoms with Crippen LogP contribution in [0.25, 0.3) is 0 Å². The Bertz CT molecular complexity index is 519. The fourth-order valence-corrected chi connectivity index (χ4v) is 3.37. The molecule has 1 amide bonds. The molecule has 0 radical (unpaired) electrons. The van der Waals surface area contributed by atoms with Gasteiger partial charge < -0.3 is 10.1 Å². The van der Waals surface area contributed by atoms with E-state index in [1.54, 1.807) is 31.4 Å². The number of carbonyl (C=O) groups excluding carboxylic acids is 2. The summed E-state index contributed by atoms with van der Waals surface area (Å²) < 4.78 is 5.08. The number of hydrogen-bond acceptors (Lipinski definition) is 5. The van der Waals surface area contributed by atoms with Gasteiger partial charge in [-0.2, -0.15) is 0 Å². The van der Waals surface area contributed by atoms with E-state index in [4.69, 9.17) is 4.74 Å². The zero-order valence-corrected chi connectivity index (χ0v) is 13.7. The van der Waals surface area contributed by atoms with Crippen molar-refractivity contribution in [3.05, 3.63) is 29.8 Å². The molecule has 1 aromatic rings. The second kappa shape index (κ2) is 8.19. The summed E-state index contributed by atoms with van der Waals surface area (Å²) in [6.07, 6.45) is 2.52. The Balaban J connectivity index is 1.85. The summed E-state index contributed by atoms with van der Waals surface area (Å²) in [4.78, 5) is 23.9. The van der Waals surface area contributed by atoms with Crippen molar-refractivity contribution in [2.24, 2.45) is 0 Å². The molecule has 1 saturated heterocycles. The normalized spacial score (nSPS) is 21.3. The minimum Gasteiger partial charge on any atom is -0.497 e. The van der Waals surface area contributed by atoms with Crippen LogP contribution in [0.3, 0.4) is 0 Å². The number of amides is 1. The number of hydrogen-bond donors (Lipinski definition) is 2. The van der Waals surface area contributed by atoms with E-state index in [1.807, 2.05) is 0 Å². The predicted molar refractivity (Wildman–Crippen MR) is 88.2 cm³/mol. The first-order valence-electron chi connectivity index (χ1n) is 7.46. The summed E-state index contributed by atoms with van der Waals surface area (Å²) in [5.41, 5.74) is 0.459. The van der Waals surface area contributed by atoms with Gasteiger partial charge in [0.1, 0.15) is 11.2 Å². The highest BCUT2D eigenvalue weighted by molar-refractivity contribution is 8.00. The molecule has 2 rings (SSSR count). The Hall–Kier alpha value is -1.53. The summed E-state index contributed by atoms with van der Waals surface area (Å²) in [5.74, 6) is 1.14. The van der Waals surface area contributed by atoms with Crippen LogP contribution in [0.15, 0.2) is 24.3 Å². The fraction of sp³-hybridized carbons (Fsp3) is 0.500. The minimum atomic E-state index is -0.194. The smallest absolute Gasteiger partial charge is 0.223 e. The molecule has 1 heterocycles. The molecule has 0 saturated carbocycles. The molecule has 22 heavy (non-hydrogen) atoms. The third kappa shape index (κ3) is 4.74. The molecule has 0 aromatic heterocycles. The maximum absolute atomic E-state index is 12.2. The number of rotatable bonds is 7. The molecule has 6 heteroatoms. The van der Waals surface area contributed by atoms with Gasteiger partial charge in [0, 0.05) is 18.0 Å². The van der Waals surface area contributed by atoms with Crippen LogP contribution in [0.5, 0.6) is 5.75 Å². The molecule has 2 unspecified atom stereocenters. The molecule has 0 spiro atoms. The number of ketones is 1. The van der Waals surface area contributed by atoms with Crippen molar-refractivity contribution in [1.82, 2.24) is 10.6 Å². The standard InChI is InChI=1S/C16H22N2O3S/c1-3-4-12-9-15(20)18-16(17-12)22-10-14(19)11-5-7-13(21-2)8-6-11/h5-8,12,16-17H,3-4,9-10H2,1-2H3,(H,18,20). The summed E-state index contributed by atoms with van der Waals surface area (Å²) in [5, 5.41) is 6.24. The van der Waals surface area contributed by atoms with Crippen LogP contribution in [0.1, 0.15) is 36.5 Å². The van der Waals surface area contributed by atoms with Crippen molar-refractivity contribution in [3.8, 4) is 5.75 Å². The van der Waals surface area contributed by atoms with E-state index in [9.17, 15) is 9.59 Å². The molecular weight excluding hydrogens is 300 g/mol. The number of ether oxygens (including phenoxy) is 1. The summed E-state index contributed by atoms with van der Waals surface area (Å²) >= 11 is 1.42. The second-order valence-electron chi connectivity index (χ2n) is 5.27. The van der Waals surface area contributed by atoms with Crippen LogP contribution in [0.4, 0.5) is 0 Å². The average molecular weight is 322 g/mol. The molecule has 2 atom stereocenters. The maximum Gasteiger partial charge on any atom is 0.223 e. The van der Waals surface area contributed by atoms with Gasteiger partial charge in [-0.3, -0.25) is 14.9 Å². The first kappa shape index (κ1) is 16.8. The molecule has 1 aliphatic rings. The highest BCUT2D eigenvalue weighted by Gasteiger charge is 2.25. The molecule has 120 valence electrons. The fourth-order valence-electron chi connectivity index (χ4n) is 2.39. The van der Waals surface area contributed by atoms with Gasteiger partial charge >= 0.3 is 0 Å². The molecule has 0 aliphatic carbocycles. The largest absolute Gasteiger partial charge is 0.497 e. The Morgan fingerprint density at radius 2 is 2.09 bits per heavy atom. The SMILES string of the molecule is CCCC1CC(=O)NC(SCC(=O)c2ccc(OC)cc2)N1. The van der Waals surface area contributed by atoms with Gasteiger partial charge in [-0.1, -0.05) is 13.3 Å². The van der Waals surface area contributed by atoms with E-state index in [-0.39, 0.29) is 23.2 Å². The Morgan fingerprint density at radius 3 is 2.73 bits per heavy atom. The minimum absolute atomic E-state index is 0.0429. The molecule has 2 N–H and O–H groups in total. The second-order valence-corrected chi connectivity index (χ2v) is 6.36. The van der Waals surface area contributed by atoms with Crippen LogP contribution >= 0.6 is 11.8 Å². The predicted octanol–water partition coefficient (Wildman–Crippen LogP) is 2.17.